The monoisotopic (exact) mass is 509 g/mol. The second-order valence-corrected chi connectivity index (χ2v) is 10.4. The van der Waals surface area contributed by atoms with E-state index in [0.29, 0.717) is 0 Å². The van der Waals surface area contributed by atoms with Crippen molar-refractivity contribution in [2.45, 2.75) is 96.2 Å². The maximum absolute atomic E-state index is 13.8. The molecule has 0 radical (unpaired) electrons. The maximum atomic E-state index is 13.8. The zero-order valence-corrected chi connectivity index (χ0v) is 21.1. The van der Waals surface area contributed by atoms with E-state index < -0.39 is 41.4 Å². The third-order valence-electron chi connectivity index (χ3n) is 5.94. The number of hydrogen-bond donors (Lipinski definition) is 2. The molecule has 1 aromatic heterocycles. The van der Waals surface area contributed by atoms with Crippen LogP contribution < -0.4 is 5.32 Å². The summed E-state index contributed by atoms with van der Waals surface area (Å²) in [6.07, 6.45) is -2.07. The summed E-state index contributed by atoms with van der Waals surface area (Å²) in [6.45, 7) is 6.71. The predicted octanol–water partition coefficient (Wildman–Crippen LogP) is 5.29. The van der Waals surface area contributed by atoms with Crippen LogP contribution in [0.25, 0.3) is 11.3 Å². The lowest BCUT2D eigenvalue weighted by atomic mass is 10.0. The molecule has 2 aromatic rings. The number of ether oxygens (including phenoxy) is 1. The smallest absolute Gasteiger partial charge is 0.417 e. The summed E-state index contributed by atoms with van der Waals surface area (Å²) in [5, 5.41) is 17.0. The molecule has 2 atom stereocenters. The molecule has 10 heteroatoms. The highest BCUT2D eigenvalue weighted by molar-refractivity contribution is 5.94. The van der Waals surface area contributed by atoms with Crippen LogP contribution in [-0.4, -0.2) is 44.5 Å². The average Bonchev–Trinajstić information content (AvgIpc) is 3.41. The summed E-state index contributed by atoms with van der Waals surface area (Å²) in [6, 6.07) is 5.76. The molecule has 1 aromatic carbocycles. The number of rotatable bonds is 8. The summed E-state index contributed by atoms with van der Waals surface area (Å²) >= 11 is 0. The third-order valence-corrected chi connectivity index (χ3v) is 5.94. The zero-order chi connectivity index (χ0) is 26.7. The molecule has 36 heavy (non-hydrogen) atoms. The molecule has 7 nitrogen and oxygen atoms in total. The van der Waals surface area contributed by atoms with Gasteiger partial charge in [-0.15, -0.1) is 0 Å². The van der Waals surface area contributed by atoms with E-state index >= 15 is 0 Å². The van der Waals surface area contributed by atoms with E-state index in [2.05, 4.69) is 10.4 Å². The Bertz CT molecular complexity index is 1070. The maximum Gasteiger partial charge on any atom is 0.417 e. The highest BCUT2D eigenvalue weighted by atomic mass is 19.4. The van der Waals surface area contributed by atoms with Gasteiger partial charge in [0.1, 0.15) is 5.60 Å². The minimum atomic E-state index is -4.57. The Morgan fingerprint density at radius 2 is 1.83 bits per heavy atom. The van der Waals surface area contributed by atoms with Gasteiger partial charge in [-0.1, -0.05) is 31.0 Å². The predicted molar refractivity (Wildman–Crippen MR) is 128 cm³/mol. The molecule has 1 unspecified atom stereocenters. The number of nitrogens with one attached hydrogen (secondary N) is 1. The number of hydrogen-bond acceptors (Lipinski definition) is 5. The van der Waals surface area contributed by atoms with Crippen molar-refractivity contribution in [2.24, 2.45) is 0 Å². The van der Waals surface area contributed by atoms with Gasteiger partial charge in [0, 0.05) is 11.6 Å². The molecule has 0 saturated heterocycles. The number of nitrogens with zero attached hydrogens (tertiary/aromatic N) is 2. The van der Waals surface area contributed by atoms with E-state index in [4.69, 9.17) is 4.74 Å². The lowest BCUT2D eigenvalue weighted by molar-refractivity contribution is -0.155. The largest absolute Gasteiger partial charge is 0.460 e. The molecule has 1 heterocycles. The Hall–Kier alpha value is -2.88. The number of carbonyl (C=O) groups excluding carboxylic acids is 2. The minimum Gasteiger partial charge on any atom is -0.460 e. The molecule has 198 valence electrons. The second-order valence-electron chi connectivity index (χ2n) is 10.4. The first-order valence-electron chi connectivity index (χ1n) is 12.2. The Labute approximate surface area is 209 Å². The SMILES string of the molecule is CC(O)C[C@@H](CC(=O)OC(C)(C)C)NC(=O)c1cc(-c2ccccc2C(F)(F)F)n(C2CCCC2)n1. The third kappa shape index (κ3) is 7.32. The van der Waals surface area contributed by atoms with Crippen molar-refractivity contribution in [1.29, 1.82) is 0 Å². The number of aliphatic hydroxyl groups excluding tert-OH is 1. The van der Waals surface area contributed by atoms with Crippen LogP contribution in [0, 0.1) is 0 Å². The summed E-state index contributed by atoms with van der Waals surface area (Å²) in [5.74, 6) is -1.17. The molecule has 0 spiro atoms. The van der Waals surface area contributed by atoms with Crippen molar-refractivity contribution in [3.05, 3.63) is 41.6 Å². The number of benzene rings is 1. The quantitative estimate of drug-likeness (QED) is 0.472. The molecule has 1 amide bonds. The van der Waals surface area contributed by atoms with Crippen LogP contribution in [0.5, 0.6) is 0 Å². The van der Waals surface area contributed by atoms with Gasteiger partial charge in [0.15, 0.2) is 5.69 Å². The first kappa shape index (κ1) is 27.7. The number of esters is 1. The standard InChI is InChI=1S/C26H34F3N3O4/c1-16(33)13-17(14-23(34)36-25(2,3)4)30-24(35)21-15-22(32(31-21)18-9-5-6-10-18)19-11-7-8-12-20(19)26(27,28)29/h7-8,11-12,15-18,33H,5-6,9-10,13-14H2,1-4H3,(H,30,35)/t16?,17-/m0/s1. The van der Waals surface area contributed by atoms with Crippen molar-refractivity contribution >= 4 is 11.9 Å². The number of aromatic nitrogens is 2. The normalized spacial score (nSPS) is 16.6. The van der Waals surface area contributed by atoms with E-state index in [-0.39, 0.29) is 35.8 Å². The lowest BCUT2D eigenvalue weighted by Crippen LogP contribution is -2.40. The van der Waals surface area contributed by atoms with E-state index in [1.54, 1.807) is 20.8 Å². The van der Waals surface area contributed by atoms with Gasteiger partial charge in [-0.3, -0.25) is 14.3 Å². The summed E-state index contributed by atoms with van der Waals surface area (Å²) < 4.78 is 48.2. The van der Waals surface area contributed by atoms with Gasteiger partial charge in [-0.25, -0.2) is 0 Å². The molecular weight excluding hydrogens is 475 g/mol. The van der Waals surface area contributed by atoms with Crippen LogP contribution in [0.15, 0.2) is 30.3 Å². The van der Waals surface area contributed by atoms with Gasteiger partial charge in [0.05, 0.1) is 29.8 Å². The number of amides is 1. The van der Waals surface area contributed by atoms with Crippen molar-refractivity contribution in [3.8, 4) is 11.3 Å². The van der Waals surface area contributed by atoms with Gasteiger partial charge in [0.25, 0.3) is 5.91 Å². The minimum absolute atomic E-state index is 0.0438. The zero-order valence-electron chi connectivity index (χ0n) is 21.1. The molecule has 0 bridgehead atoms. The van der Waals surface area contributed by atoms with E-state index in [1.807, 2.05) is 0 Å². The Morgan fingerprint density at radius 1 is 1.19 bits per heavy atom. The van der Waals surface area contributed by atoms with Crippen molar-refractivity contribution in [1.82, 2.24) is 15.1 Å². The van der Waals surface area contributed by atoms with E-state index in [1.165, 1.54) is 35.9 Å². The fraction of sp³-hybridized carbons (Fsp3) is 0.577. The average molecular weight is 510 g/mol. The summed E-state index contributed by atoms with van der Waals surface area (Å²) in [5.41, 5.74) is -1.38. The number of alkyl halides is 3. The van der Waals surface area contributed by atoms with Crippen LogP contribution in [0.3, 0.4) is 0 Å². The molecule has 1 aliphatic rings. The number of carbonyl (C=O) groups is 2. The first-order chi connectivity index (χ1) is 16.7. The van der Waals surface area contributed by atoms with E-state index in [9.17, 15) is 27.9 Å². The van der Waals surface area contributed by atoms with Crippen LogP contribution in [0.2, 0.25) is 0 Å². The van der Waals surface area contributed by atoms with Gasteiger partial charge in [-0.2, -0.15) is 18.3 Å². The molecule has 3 rings (SSSR count). The summed E-state index contributed by atoms with van der Waals surface area (Å²) in [4.78, 5) is 25.5. The molecule has 1 saturated carbocycles. The highest BCUT2D eigenvalue weighted by Gasteiger charge is 2.35. The van der Waals surface area contributed by atoms with Crippen molar-refractivity contribution in [2.75, 3.05) is 0 Å². The van der Waals surface area contributed by atoms with Crippen LogP contribution >= 0.6 is 0 Å². The number of aliphatic hydroxyl groups is 1. The molecule has 1 fully saturated rings. The topological polar surface area (TPSA) is 93.5 Å². The second kappa shape index (κ2) is 11.0. The first-order valence-corrected chi connectivity index (χ1v) is 12.2. The van der Waals surface area contributed by atoms with Crippen LogP contribution in [0.1, 0.15) is 88.3 Å². The van der Waals surface area contributed by atoms with E-state index in [0.717, 1.165) is 31.7 Å². The molecule has 1 aliphatic carbocycles. The lowest BCUT2D eigenvalue weighted by Gasteiger charge is -2.23. The Kier molecular flexibility index (Phi) is 8.48. The van der Waals surface area contributed by atoms with Crippen LogP contribution in [0.4, 0.5) is 13.2 Å². The van der Waals surface area contributed by atoms with Gasteiger partial charge in [0.2, 0.25) is 0 Å². The summed E-state index contributed by atoms with van der Waals surface area (Å²) in [7, 11) is 0. The van der Waals surface area contributed by atoms with Gasteiger partial charge < -0.3 is 15.2 Å². The fourth-order valence-electron chi connectivity index (χ4n) is 4.54. The van der Waals surface area contributed by atoms with Gasteiger partial charge in [-0.05, 0) is 59.1 Å². The van der Waals surface area contributed by atoms with Crippen molar-refractivity contribution < 1.29 is 32.6 Å². The van der Waals surface area contributed by atoms with Gasteiger partial charge >= 0.3 is 12.1 Å². The Balaban J connectivity index is 1.93. The fourth-order valence-corrected chi connectivity index (χ4v) is 4.54. The van der Waals surface area contributed by atoms with Crippen LogP contribution in [-0.2, 0) is 15.7 Å². The molecule has 2 N–H and O–H groups in total. The molecule has 0 aliphatic heterocycles. The molecular formula is C26H34F3N3O4. The number of halogens is 3. The highest BCUT2D eigenvalue weighted by Crippen LogP contribution is 2.40. The van der Waals surface area contributed by atoms with Crippen molar-refractivity contribution in [3.63, 3.8) is 0 Å². The Morgan fingerprint density at radius 3 is 2.42 bits per heavy atom.